The summed E-state index contributed by atoms with van der Waals surface area (Å²) in [5.74, 6) is 1.86. The molecule has 23 heavy (non-hydrogen) atoms. The number of benzene rings is 1. The summed E-state index contributed by atoms with van der Waals surface area (Å²) in [4.78, 5) is 4.70. The first-order chi connectivity index (χ1) is 11.1. The first-order valence-corrected chi connectivity index (χ1v) is 9.56. The Labute approximate surface area is 136 Å². The van der Waals surface area contributed by atoms with Crippen LogP contribution >= 0.6 is 0 Å². The van der Waals surface area contributed by atoms with E-state index in [9.17, 15) is 8.42 Å². The lowest BCUT2D eigenvalue weighted by Gasteiger charge is -2.17. The van der Waals surface area contributed by atoms with Gasteiger partial charge in [0.15, 0.2) is 11.7 Å². The Morgan fingerprint density at radius 3 is 2.65 bits per heavy atom. The second-order valence-corrected chi connectivity index (χ2v) is 8.33. The van der Waals surface area contributed by atoms with Gasteiger partial charge in [-0.05, 0) is 44.2 Å². The highest BCUT2D eigenvalue weighted by Crippen LogP contribution is 2.40. The van der Waals surface area contributed by atoms with Gasteiger partial charge in [-0.25, -0.2) is 13.4 Å². The Kier molecular flexibility index (Phi) is 3.54. The van der Waals surface area contributed by atoms with E-state index in [2.05, 4.69) is 4.98 Å². The predicted octanol–water partition coefficient (Wildman–Crippen LogP) is 3.31. The van der Waals surface area contributed by atoms with Gasteiger partial charge in [0.25, 0.3) is 0 Å². The predicted molar refractivity (Wildman–Crippen MR) is 86.6 cm³/mol. The third-order valence-electron chi connectivity index (χ3n) is 4.61. The van der Waals surface area contributed by atoms with Gasteiger partial charge in [-0.1, -0.05) is 12.1 Å². The van der Waals surface area contributed by atoms with Crippen molar-refractivity contribution in [2.45, 2.75) is 43.4 Å². The number of aryl methyl sites for hydroxylation is 1. The maximum absolute atomic E-state index is 12.8. The molecule has 1 aromatic carbocycles. The molecular formula is C17H20N2O3S. The Hall–Kier alpha value is -1.66. The highest BCUT2D eigenvalue weighted by molar-refractivity contribution is 7.89. The average molecular weight is 332 g/mol. The van der Waals surface area contributed by atoms with Crippen LogP contribution in [0.3, 0.4) is 0 Å². The van der Waals surface area contributed by atoms with E-state index >= 15 is 0 Å². The molecule has 6 heteroatoms. The van der Waals surface area contributed by atoms with Crippen LogP contribution in [0.5, 0.6) is 0 Å². The fraction of sp³-hybridized carbons (Fsp3) is 0.471. The van der Waals surface area contributed by atoms with Crippen molar-refractivity contribution in [3.05, 3.63) is 35.9 Å². The van der Waals surface area contributed by atoms with E-state index in [0.29, 0.717) is 29.7 Å². The second-order valence-electron chi connectivity index (χ2n) is 6.43. The van der Waals surface area contributed by atoms with Crippen molar-refractivity contribution in [1.82, 2.24) is 9.29 Å². The molecule has 2 fully saturated rings. The molecule has 0 amide bonds. The van der Waals surface area contributed by atoms with Crippen LogP contribution in [0, 0.1) is 6.92 Å². The molecule has 1 aliphatic carbocycles. The lowest BCUT2D eigenvalue weighted by molar-refractivity contribution is 0.477. The van der Waals surface area contributed by atoms with Crippen molar-refractivity contribution >= 4 is 10.0 Å². The highest BCUT2D eigenvalue weighted by Gasteiger charge is 2.30. The van der Waals surface area contributed by atoms with Crippen LogP contribution in [-0.4, -0.2) is 30.8 Å². The van der Waals surface area contributed by atoms with E-state index in [1.165, 1.54) is 0 Å². The van der Waals surface area contributed by atoms with Crippen LogP contribution in [0.2, 0.25) is 0 Å². The maximum atomic E-state index is 12.8. The van der Waals surface area contributed by atoms with Gasteiger partial charge in [0, 0.05) is 24.6 Å². The molecule has 0 N–H and O–H groups in total. The Morgan fingerprint density at radius 2 is 1.96 bits per heavy atom. The minimum atomic E-state index is -3.43. The summed E-state index contributed by atoms with van der Waals surface area (Å²) in [6.45, 7) is 3.06. The van der Waals surface area contributed by atoms with Crippen LogP contribution in [0.4, 0.5) is 0 Å². The Morgan fingerprint density at radius 1 is 1.22 bits per heavy atom. The van der Waals surface area contributed by atoms with Crippen molar-refractivity contribution in [2.24, 2.45) is 0 Å². The summed E-state index contributed by atoms with van der Waals surface area (Å²) in [6, 6.07) is 5.47. The fourth-order valence-electron chi connectivity index (χ4n) is 3.04. The first kappa shape index (κ1) is 14.9. The fourth-order valence-corrected chi connectivity index (χ4v) is 4.81. The quantitative estimate of drug-likeness (QED) is 0.861. The van der Waals surface area contributed by atoms with E-state index in [4.69, 9.17) is 4.42 Å². The molecule has 0 atom stereocenters. The molecule has 1 aromatic heterocycles. The van der Waals surface area contributed by atoms with Gasteiger partial charge in [-0.15, -0.1) is 0 Å². The standard InChI is InChI=1S/C17H20N2O3S/c1-12-4-5-14(15-11-18-17(22-15)13-6-7-13)10-16(12)23(20,21)19-8-2-3-9-19/h4-5,10-11,13H,2-3,6-9H2,1H3. The summed E-state index contributed by atoms with van der Waals surface area (Å²) in [6.07, 6.45) is 5.82. The zero-order chi connectivity index (χ0) is 16.0. The number of hydrogen-bond donors (Lipinski definition) is 0. The molecular weight excluding hydrogens is 312 g/mol. The summed E-state index contributed by atoms with van der Waals surface area (Å²) in [7, 11) is -3.43. The molecule has 0 spiro atoms. The number of sulfonamides is 1. The minimum Gasteiger partial charge on any atom is -0.440 e. The molecule has 0 bridgehead atoms. The smallest absolute Gasteiger partial charge is 0.243 e. The molecule has 0 unspecified atom stereocenters. The van der Waals surface area contributed by atoms with Gasteiger partial charge in [-0.3, -0.25) is 0 Å². The summed E-state index contributed by atoms with van der Waals surface area (Å²) in [5.41, 5.74) is 1.54. The first-order valence-electron chi connectivity index (χ1n) is 8.12. The zero-order valence-electron chi connectivity index (χ0n) is 13.2. The molecule has 1 saturated heterocycles. The lowest BCUT2D eigenvalue weighted by Crippen LogP contribution is -2.28. The molecule has 2 heterocycles. The monoisotopic (exact) mass is 332 g/mol. The third-order valence-corrected chi connectivity index (χ3v) is 6.65. The van der Waals surface area contributed by atoms with Crippen LogP contribution < -0.4 is 0 Å². The van der Waals surface area contributed by atoms with Crippen molar-refractivity contribution < 1.29 is 12.8 Å². The minimum absolute atomic E-state index is 0.376. The summed E-state index contributed by atoms with van der Waals surface area (Å²) < 4.78 is 33.1. The van der Waals surface area contributed by atoms with E-state index in [1.54, 1.807) is 16.6 Å². The molecule has 5 nitrogen and oxygen atoms in total. The molecule has 0 radical (unpaired) electrons. The van der Waals surface area contributed by atoms with E-state index in [1.807, 2.05) is 19.1 Å². The van der Waals surface area contributed by atoms with Crippen molar-refractivity contribution in [1.29, 1.82) is 0 Å². The summed E-state index contributed by atoms with van der Waals surface area (Å²) in [5, 5.41) is 0. The van der Waals surface area contributed by atoms with Gasteiger partial charge in [0.1, 0.15) is 0 Å². The van der Waals surface area contributed by atoms with E-state index in [0.717, 1.165) is 42.7 Å². The molecule has 122 valence electrons. The number of aromatic nitrogens is 1. The van der Waals surface area contributed by atoms with Gasteiger partial charge in [0.2, 0.25) is 10.0 Å². The summed E-state index contributed by atoms with van der Waals surface area (Å²) >= 11 is 0. The largest absolute Gasteiger partial charge is 0.440 e. The topological polar surface area (TPSA) is 63.4 Å². The van der Waals surface area contributed by atoms with Gasteiger partial charge >= 0.3 is 0 Å². The van der Waals surface area contributed by atoms with Crippen molar-refractivity contribution in [3.63, 3.8) is 0 Å². The normalized spacial score (nSPS) is 19.3. The van der Waals surface area contributed by atoms with Crippen LogP contribution in [0.15, 0.2) is 33.7 Å². The average Bonchev–Trinajstić information content (AvgIpc) is 3.05. The number of nitrogens with zero attached hydrogens (tertiary/aromatic N) is 2. The van der Waals surface area contributed by atoms with Crippen LogP contribution in [0.1, 0.15) is 43.1 Å². The van der Waals surface area contributed by atoms with E-state index in [-0.39, 0.29) is 0 Å². The number of hydrogen-bond acceptors (Lipinski definition) is 4. The van der Waals surface area contributed by atoms with E-state index < -0.39 is 10.0 Å². The molecule has 2 aromatic rings. The van der Waals surface area contributed by atoms with Crippen LogP contribution in [0.25, 0.3) is 11.3 Å². The second kappa shape index (κ2) is 5.46. The zero-order valence-corrected chi connectivity index (χ0v) is 14.0. The highest BCUT2D eigenvalue weighted by atomic mass is 32.2. The number of rotatable bonds is 4. The third kappa shape index (κ3) is 2.70. The molecule has 1 aliphatic heterocycles. The van der Waals surface area contributed by atoms with Gasteiger partial charge in [0.05, 0.1) is 11.1 Å². The molecule has 1 saturated carbocycles. The molecule has 4 rings (SSSR count). The van der Waals surface area contributed by atoms with Crippen molar-refractivity contribution in [3.8, 4) is 11.3 Å². The van der Waals surface area contributed by atoms with Crippen LogP contribution in [-0.2, 0) is 10.0 Å². The molecule has 2 aliphatic rings. The van der Waals surface area contributed by atoms with Gasteiger partial charge < -0.3 is 4.42 Å². The maximum Gasteiger partial charge on any atom is 0.243 e. The van der Waals surface area contributed by atoms with Crippen molar-refractivity contribution in [2.75, 3.05) is 13.1 Å². The Bertz CT molecular complexity index is 831. The lowest BCUT2D eigenvalue weighted by atomic mass is 10.1. The SMILES string of the molecule is Cc1ccc(-c2cnc(C3CC3)o2)cc1S(=O)(=O)N1CCCC1. The Balaban J connectivity index is 1.72. The number of oxazole rings is 1. The van der Waals surface area contributed by atoms with Gasteiger partial charge in [-0.2, -0.15) is 4.31 Å².